The smallest absolute Gasteiger partial charge is 0.191 e. The SMILES string of the molecule is CN=C(NCc1oc2ccccc2c1C)NCC1CCN(Cc2csc(C)n2)CC1. The lowest BCUT2D eigenvalue weighted by atomic mass is 9.97. The minimum absolute atomic E-state index is 0.631. The van der Waals surface area contributed by atoms with Gasteiger partial charge >= 0.3 is 0 Å². The molecule has 0 aliphatic carbocycles. The minimum atomic E-state index is 0.631. The molecule has 1 fully saturated rings. The summed E-state index contributed by atoms with van der Waals surface area (Å²) in [5.41, 5.74) is 3.34. The standard InChI is InChI=1S/C23H31N5OS/c1-16-20-6-4-5-7-21(20)29-22(16)13-26-23(24-3)25-12-18-8-10-28(11-9-18)14-19-15-30-17(2)27-19/h4-7,15,18H,8-14H2,1-3H3,(H2,24,25,26). The Labute approximate surface area is 182 Å². The van der Waals surface area contributed by atoms with Crippen LogP contribution < -0.4 is 10.6 Å². The van der Waals surface area contributed by atoms with E-state index in [0.717, 1.165) is 48.5 Å². The number of rotatable bonds is 6. The van der Waals surface area contributed by atoms with Crippen LogP contribution >= 0.6 is 11.3 Å². The second-order valence-corrected chi connectivity index (χ2v) is 9.09. The highest BCUT2D eigenvalue weighted by molar-refractivity contribution is 7.09. The molecule has 2 N–H and O–H groups in total. The summed E-state index contributed by atoms with van der Waals surface area (Å²) in [6, 6.07) is 8.17. The van der Waals surface area contributed by atoms with Crippen LogP contribution in [0.15, 0.2) is 39.1 Å². The quantitative estimate of drug-likeness (QED) is 0.460. The van der Waals surface area contributed by atoms with E-state index in [0.29, 0.717) is 12.5 Å². The number of aromatic nitrogens is 1. The molecule has 0 bridgehead atoms. The number of piperidine rings is 1. The van der Waals surface area contributed by atoms with Gasteiger partial charge in [-0.3, -0.25) is 9.89 Å². The molecule has 3 heterocycles. The number of fused-ring (bicyclic) bond motifs is 1. The lowest BCUT2D eigenvalue weighted by Crippen LogP contribution is -2.42. The van der Waals surface area contributed by atoms with Gasteiger partial charge in [0.15, 0.2) is 5.96 Å². The number of thiazole rings is 1. The maximum Gasteiger partial charge on any atom is 0.191 e. The first-order valence-electron chi connectivity index (χ1n) is 10.7. The van der Waals surface area contributed by atoms with Crippen molar-refractivity contribution >= 4 is 28.3 Å². The summed E-state index contributed by atoms with van der Waals surface area (Å²) in [4.78, 5) is 11.5. The Morgan fingerprint density at radius 3 is 2.73 bits per heavy atom. The van der Waals surface area contributed by atoms with Crippen LogP contribution in [0.2, 0.25) is 0 Å². The van der Waals surface area contributed by atoms with E-state index in [1.54, 1.807) is 11.3 Å². The van der Waals surface area contributed by atoms with E-state index in [1.807, 2.05) is 25.2 Å². The van der Waals surface area contributed by atoms with Gasteiger partial charge in [-0.15, -0.1) is 11.3 Å². The van der Waals surface area contributed by atoms with Gasteiger partial charge in [0.1, 0.15) is 11.3 Å². The Kier molecular flexibility index (Phi) is 6.69. The Morgan fingerprint density at radius 2 is 2.03 bits per heavy atom. The molecule has 0 atom stereocenters. The van der Waals surface area contributed by atoms with Gasteiger partial charge in [0.25, 0.3) is 0 Å². The number of aryl methyl sites for hydroxylation is 2. The molecule has 6 nitrogen and oxygen atoms in total. The Morgan fingerprint density at radius 1 is 1.23 bits per heavy atom. The molecule has 3 aromatic rings. The van der Waals surface area contributed by atoms with Gasteiger partial charge < -0.3 is 15.1 Å². The van der Waals surface area contributed by atoms with E-state index in [2.05, 4.69) is 50.8 Å². The van der Waals surface area contributed by atoms with Gasteiger partial charge in [0.05, 0.1) is 17.2 Å². The van der Waals surface area contributed by atoms with Crippen LogP contribution in [-0.4, -0.2) is 42.5 Å². The zero-order valence-corrected chi connectivity index (χ0v) is 18.9. The molecule has 0 saturated carbocycles. The zero-order valence-electron chi connectivity index (χ0n) is 18.1. The van der Waals surface area contributed by atoms with Crippen molar-refractivity contribution in [2.24, 2.45) is 10.9 Å². The van der Waals surface area contributed by atoms with Crippen molar-refractivity contribution in [2.45, 2.75) is 39.8 Å². The molecule has 2 aromatic heterocycles. The summed E-state index contributed by atoms with van der Waals surface area (Å²) in [5, 5.41) is 11.4. The van der Waals surface area contributed by atoms with Gasteiger partial charge in [-0.2, -0.15) is 0 Å². The van der Waals surface area contributed by atoms with Crippen molar-refractivity contribution in [3.05, 3.63) is 51.7 Å². The molecule has 160 valence electrons. The fraction of sp³-hybridized carbons (Fsp3) is 0.478. The number of aliphatic imine (C=N–C) groups is 1. The third-order valence-corrected chi connectivity index (χ3v) is 6.72. The van der Waals surface area contributed by atoms with Crippen LogP contribution in [0.1, 0.15) is 34.9 Å². The summed E-state index contributed by atoms with van der Waals surface area (Å²) in [6.07, 6.45) is 2.41. The predicted octanol–water partition coefficient (Wildman–Crippen LogP) is 4.08. The van der Waals surface area contributed by atoms with E-state index < -0.39 is 0 Å². The summed E-state index contributed by atoms with van der Waals surface area (Å²) < 4.78 is 6.00. The minimum Gasteiger partial charge on any atom is -0.459 e. The van der Waals surface area contributed by atoms with Crippen LogP contribution in [-0.2, 0) is 13.1 Å². The number of nitrogens with one attached hydrogen (secondary N) is 2. The predicted molar refractivity (Wildman–Crippen MR) is 124 cm³/mol. The first-order chi connectivity index (χ1) is 14.6. The summed E-state index contributed by atoms with van der Waals surface area (Å²) >= 11 is 1.74. The molecule has 0 unspecified atom stereocenters. The average Bonchev–Trinajstić information content (AvgIpc) is 3.32. The van der Waals surface area contributed by atoms with Crippen molar-refractivity contribution in [1.29, 1.82) is 0 Å². The second kappa shape index (κ2) is 9.62. The fourth-order valence-electron chi connectivity index (χ4n) is 4.08. The molecule has 0 radical (unpaired) electrons. The van der Waals surface area contributed by atoms with Crippen molar-refractivity contribution in [3.8, 4) is 0 Å². The molecule has 1 aromatic carbocycles. The number of para-hydroxylation sites is 1. The third-order valence-electron chi connectivity index (χ3n) is 5.90. The van der Waals surface area contributed by atoms with Crippen molar-refractivity contribution in [1.82, 2.24) is 20.5 Å². The maximum absolute atomic E-state index is 6.00. The highest BCUT2D eigenvalue weighted by Gasteiger charge is 2.20. The monoisotopic (exact) mass is 425 g/mol. The molecular formula is C23H31N5OS. The van der Waals surface area contributed by atoms with Crippen LogP contribution in [0.5, 0.6) is 0 Å². The normalized spacial score (nSPS) is 16.3. The number of guanidine groups is 1. The summed E-state index contributed by atoms with van der Waals surface area (Å²) in [6.45, 7) is 9.00. The molecular weight excluding hydrogens is 394 g/mol. The molecule has 0 amide bonds. The van der Waals surface area contributed by atoms with Gasteiger partial charge in [-0.05, 0) is 51.8 Å². The largest absolute Gasteiger partial charge is 0.459 e. The van der Waals surface area contributed by atoms with Gasteiger partial charge in [0.2, 0.25) is 0 Å². The highest BCUT2D eigenvalue weighted by atomic mass is 32.1. The number of likely N-dealkylation sites (tertiary alicyclic amines) is 1. The van der Waals surface area contributed by atoms with Crippen LogP contribution in [0.4, 0.5) is 0 Å². The van der Waals surface area contributed by atoms with Crippen LogP contribution in [0.25, 0.3) is 11.0 Å². The lowest BCUT2D eigenvalue weighted by molar-refractivity contribution is 0.176. The summed E-state index contributed by atoms with van der Waals surface area (Å²) in [7, 11) is 1.82. The average molecular weight is 426 g/mol. The van der Waals surface area contributed by atoms with E-state index in [9.17, 15) is 0 Å². The number of furan rings is 1. The van der Waals surface area contributed by atoms with E-state index >= 15 is 0 Å². The molecule has 1 aliphatic rings. The van der Waals surface area contributed by atoms with Crippen molar-refractivity contribution in [3.63, 3.8) is 0 Å². The van der Waals surface area contributed by atoms with Crippen molar-refractivity contribution in [2.75, 3.05) is 26.7 Å². The Bertz CT molecular complexity index is 1000. The van der Waals surface area contributed by atoms with E-state index in [4.69, 9.17) is 4.42 Å². The Hall–Kier alpha value is -2.38. The first kappa shape index (κ1) is 20.9. The topological polar surface area (TPSA) is 65.7 Å². The molecule has 30 heavy (non-hydrogen) atoms. The molecule has 4 rings (SSSR count). The third kappa shape index (κ3) is 5.02. The summed E-state index contributed by atoms with van der Waals surface area (Å²) in [5.74, 6) is 2.46. The van der Waals surface area contributed by atoms with E-state index in [1.165, 1.54) is 29.5 Å². The maximum atomic E-state index is 6.00. The highest BCUT2D eigenvalue weighted by Crippen LogP contribution is 2.24. The molecule has 1 aliphatic heterocycles. The van der Waals surface area contributed by atoms with Gasteiger partial charge in [0, 0.05) is 36.5 Å². The molecule has 7 heteroatoms. The lowest BCUT2D eigenvalue weighted by Gasteiger charge is -2.31. The van der Waals surface area contributed by atoms with Crippen LogP contribution in [0, 0.1) is 19.8 Å². The van der Waals surface area contributed by atoms with E-state index in [-0.39, 0.29) is 0 Å². The van der Waals surface area contributed by atoms with Gasteiger partial charge in [-0.25, -0.2) is 4.98 Å². The van der Waals surface area contributed by atoms with Gasteiger partial charge in [-0.1, -0.05) is 18.2 Å². The number of hydrogen-bond acceptors (Lipinski definition) is 5. The van der Waals surface area contributed by atoms with Crippen LogP contribution in [0.3, 0.4) is 0 Å². The number of nitrogens with zero attached hydrogens (tertiary/aromatic N) is 3. The van der Waals surface area contributed by atoms with Crippen molar-refractivity contribution < 1.29 is 4.42 Å². The number of hydrogen-bond donors (Lipinski definition) is 2. The zero-order chi connectivity index (χ0) is 20.9. The Balaban J connectivity index is 1.21. The first-order valence-corrected chi connectivity index (χ1v) is 11.5. The fourth-order valence-corrected chi connectivity index (χ4v) is 4.68. The number of benzene rings is 1. The molecule has 1 saturated heterocycles. The second-order valence-electron chi connectivity index (χ2n) is 8.03. The molecule has 0 spiro atoms.